The van der Waals surface area contributed by atoms with Crippen LogP contribution in [0.25, 0.3) is 16.6 Å². The Morgan fingerprint density at radius 2 is 1.71 bits per heavy atom. The number of carbonyl (C=O) groups is 1. The summed E-state index contributed by atoms with van der Waals surface area (Å²) in [5.41, 5.74) is 2.96. The van der Waals surface area contributed by atoms with E-state index in [9.17, 15) is 9.59 Å². The van der Waals surface area contributed by atoms with Crippen LogP contribution in [0.2, 0.25) is 0 Å². The van der Waals surface area contributed by atoms with Crippen molar-refractivity contribution in [3.8, 4) is 11.4 Å². The van der Waals surface area contributed by atoms with Gasteiger partial charge in [-0.1, -0.05) is 50.6 Å². The van der Waals surface area contributed by atoms with Crippen LogP contribution in [0.5, 0.6) is 5.75 Å². The van der Waals surface area contributed by atoms with E-state index in [-0.39, 0.29) is 11.6 Å². The Morgan fingerprint density at radius 3 is 2.34 bits per heavy atom. The molecule has 0 radical (unpaired) electrons. The molecule has 7 nitrogen and oxygen atoms in total. The molecule has 198 valence electrons. The second-order valence-corrected chi connectivity index (χ2v) is 9.92. The number of carbonyl (C=O) groups excluding carboxylic acids is 1. The minimum atomic E-state index is -0.432. The van der Waals surface area contributed by atoms with E-state index in [4.69, 9.17) is 9.72 Å². The Bertz CT molecular complexity index is 1440. The smallest absolute Gasteiger partial charge is 0.322 e. The molecule has 0 spiro atoms. The average Bonchev–Trinajstić information content (AvgIpc) is 2.92. The zero-order valence-electron chi connectivity index (χ0n) is 22.8. The number of nitrogens with one attached hydrogen (secondary N) is 1. The summed E-state index contributed by atoms with van der Waals surface area (Å²) in [4.78, 5) is 34.4. The lowest BCUT2D eigenvalue weighted by Gasteiger charge is -2.33. The molecule has 4 aromatic rings. The van der Waals surface area contributed by atoms with E-state index in [1.807, 2.05) is 85.5 Å². The number of para-hydroxylation sites is 1. The van der Waals surface area contributed by atoms with Crippen molar-refractivity contribution in [1.29, 1.82) is 0 Å². The minimum Gasteiger partial charge on any atom is -0.497 e. The largest absolute Gasteiger partial charge is 0.497 e. The Kier molecular flexibility index (Phi) is 8.46. The van der Waals surface area contributed by atoms with Crippen molar-refractivity contribution in [1.82, 2.24) is 14.5 Å². The number of methoxy groups -OCH3 is 1. The molecule has 2 amide bonds. The predicted molar refractivity (Wildman–Crippen MR) is 153 cm³/mol. The van der Waals surface area contributed by atoms with E-state index in [1.54, 1.807) is 17.7 Å². The number of aromatic nitrogens is 2. The molecule has 0 saturated heterocycles. The third kappa shape index (κ3) is 5.88. The number of ether oxygens (including phenoxy) is 1. The highest BCUT2D eigenvalue weighted by Gasteiger charge is 2.29. The number of aryl methyl sites for hydroxylation is 1. The predicted octanol–water partition coefficient (Wildman–Crippen LogP) is 6.73. The summed E-state index contributed by atoms with van der Waals surface area (Å²) in [5, 5.41) is 3.59. The summed E-state index contributed by atoms with van der Waals surface area (Å²) >= 11 is 0. The van der Waals surface area contributed by atoms with E-state index in [2.05, 4.69) is 19.2 Å². The summed E-state index contributed by atoms with van der Waals surface area (Å²) in [6.45, 7) is 8.83. The van der Waals surface area contributed by atoms with E-state index in [0.717, 1.165) is 17.7 Å². The van der Waals surface area contributed by atoms with Gasteiger partial charge in [0.1, 0.15) is 11.6 Å². The number of benzene rings is 3. The fraction of sp³-hybridized carbons (Fsp3) is 0.323. The van der Waals surface area contributed by atoms with Crippen molar-refractivity contribution in [2.24, 2.45) is 5.92 Å². The van der Waals surface area contributed by atoms with E-state index in [0.29, 0.717) is 47.0 Å². The molecule has 4 rings (SSSR count). The Balaban J connectivity index is 1.85. The molecular formula is C31H36N4O3. The quantitative estimate of drug-likeness (QED) is 0.270. The van der Waals surface area contributed by atoms with Gasteiger partial charge in [0.25, 0.3) is 5.56 Å². The van der Waals surface area contributed by atoms with Crippen molar-refractivity contribution in [2.75, 3.05) is 19.0 Å². The average molecular weight is 513 g/mol. The highest BCUT2D eigenvalue weighted by molar-refractivity contribution is 5.89. The highest BCUT2D eigenvalue weighted by atomic mass is 16.5. The molecule has 0 aliphatic rings. The van der Waals surface area contributed by atoms with Gasteiger partial charge in [0, 0.05) is 12.2 Å². The molecule has 1 atom stereocenters. The fourth-order valence-corrected chi connectivity index (χ4v) is 4.52. The Morgan fingerprint density at radius 1 is 1.03 bits per heavy atom. The molecular weight excluding hydrogens is 476 g/mol. The van der Waals surface area contributed by atoms with Crippen molar-refractivity contribution in [2.45, 2.75) is 46.6 Å². The van der Waals surface area contributed by atoms with Gasteiger partial charge < -0.3 is 15.0 Å². The molecule has 3 aromatic carbocycles. The van der Waals surface area contributed by atoms with Crippen molar-refractivity contribution in [3.63, 3.8) is 0 Å². The van der Waals surface area contributed by atoms with Gasteiger partial charge in [-0.15, -0.1) is 0 Å². The zero-order chi connectivity index (χ0) is 27.2. The number of amides is 2. The van der Waals surface area contributed by atoms with E-state index >= 15 is 0 Å². The topological polar surface area (TPSA) is 76.5 Å². The van der Waals surface area contributed by atoms with Crippen LogP contribution in [-0.2, 0) is 0 Å². The maximum absolute atomic E-state index is 13.9. The number of rotatable bonds is 9. The maximum Gasteiger partial charge on any atom is 0.322 e. The fourth-order valence-electron chi connectivity index (χ4n) is 4.52. The van der Waals surface area contributed by atoms with Crippen LogP contribution in [0.15, 0.2) is 77.6 Å². The Hall–Kier alpha value is -4.13. The maximum atomic E-state index is 13.9. The first kappa shape index (κ1) is 26.9. The second kappa shape index (κ2) is 11.9. The minimum absolute atomic E-state index is 0.169. The third-order valence-corrected chi connectivity index (χ3v) is 6.70. The van der Waals surface area contributed by atoms with Gasteiger partial charge in [-0.3, -0.25) is 9.36 Å². The van der Waals surface area contributed by atoms with Crippen LogP contribution >= 0.6 is 0 Å². The normalized spacial score (nSPS) is 11.9. The molecule has 0 fully saturated rings. The van der Waals surface area contributed by atoms with Crippen LogP contribution in [0.1, 0.15) is 51.0 Å². The van der Waals surface area contributed by atoms with Crippen LogP contribution in [0, 0.1) is 12.8 Å². The summed E-state index contributed by atoms with van der Waals surface area (Å²) in [6.07, 6.45) is 1.40. The summed E-state index contributed by atoms with van der Waals surface area (Å²) in [5.74, 6) is 1.62. The van der Waals surface area contributed by atoms with Gasteiger partial charge in [-0.25, -0.2) is 9.78 Å². The lowest BCUT2D eigenvalue weighted by Crippen LogP contribution is -2.41. The first-order chi connectivity index (χ1) is 18.3. The molecule has 1 N–H and O–H groups in total. The van der Waals surface area contributed by atoms with Crippen molar-refractivity contribution >= 4 is 22.6 Å². The first-order valence-electron chi connectivity index (χ1n) is 13.1. The van der Waals surface area contributed by atoms with Crippen molar-refractivity contribution in [3.05, 3.63) is 94.5 Å². The molecule has 0 aliphatic heterocycles. The standard InChI is InChI=1S/C31H36N4O3/c1-6-28(34(20-19-21(2)3)31(37)32-23-13-11-22(4)12-14-23)29-33-27-10-8-7-9-26(27)30(36)35(29)24-15-17-25(38-5)18-16-24/h7-18,21,28H,6,19-20H2,1-5H3,(H,32,37). The highest BCUT2D eigenvalue weighted by Crippen LogP contribution is 2.28. The third-order valence-electron chi connectivity index (χ3n) is 6.70. The number of hydrogen-bond acceptors (Lipinski definition) is 4. The van der Waals surface area contributed by atoms with E-state index in [1.165, 1.54) is 0 Å². The van der Waals surface area contributed by atoms with Crippen LogP contribution in [0.3, 0.4) is 0 Å². The van der Waals surface area contributed by atoms with Gasteiger partial charge in [0.2, 0.25) is 0 Å². The monoisotopic (exact) mass is 512 g/mol. The lowest BCUT2D eigenvalue weighted by molar-refractivity contribution is 0.176. The molecule has 0 aliphatic carbocycles. The lowest BCUT2D eigenvalue weighted by atomic mass is 10.1. The summed E-state index contributed by atoms with van der Waals surface area (Å²) < 4.78 is 6.96. The van der Waals surface area contributed by atoms with Gasteiger partial charge >= 0.3 is 6.03 Å². The van der Waals surface area contributed by atoms with Crippen LogP contribution in [-0.4, -0.2) is 34.1 Å². The molecule has 0 saturated carbocycles. The van der Waals surface area contributed by atoms with Gasteiger partial charge in [0.15, 0.2) is 0 Å². The number of nitrogens with zero attached hydrogens (tertiary/aromatic N) is 3. The summed E-state index contributed by atoms with van der Waals surface area (Å²) in [7, 11) is 1.61. The number of hydrogen-bond donors (Lipinski definition) is 1. The van der Waals surface area contributed by atoms with Crippen LogP contribution < -0.4 is 15.6 Å². The summed E-state index contributed by atoms with van der Waals surface area (Å²) in [6, 6.07) is 21.8. The first-order valence-corrected chi connectivity index (χ1v) is 13.1. The molecule has 38 heavy (non-hydrogen) atoms. The van der Waals surface area contributed by atoms with E-state index < -0.39 is 6.04 Å². The van der Waals surface area contributed by atoms with Gasteiger partial charge in [-0.05, 0) is 74.2 Å². The van der Waals surface area contributed by atoms with Gasteiger partial charge in [-0.2, -0.15) is 0 Å². The molecule has 1 heterocycles. The molecule has 0 bridgehead atoms. The molecule has 1 aromatic heterocycles. The van der Waals surface area contributed by atoms with Crippen molar-refractivity contribution < 1.29 is 9.53 Å². The second-order valence-electron chi connectivity index (χ2n) is 9.92. The number of anilines is 1. The van der Waals surface area contributed by atoms with Gasteiger partial charge in [0.05, 0.1) is 29.7 Å². The molecule has 1 unspecified atom stereocenters. The number of urea groups is 1. The SMILES string of the molecule is CCC(c1nc2ccccc2c(=O)n1-c1ccc(OC)cc1)N(CCC(C)C)C(=O)Nc1ccc(C)cc1. The van der Waals surface area contributed by atoms with Crippen LogP contribution in [0.4, 0.5) is 10.5 Å². The molecule has 7 heteroatoms. The Labute approximate surface area is 224 Å². The zero-order valence-corrected chi connectivity index (χ0v) is 22.8. The number of fused-ring (bicyclic) bond motifs is 1.